The molecule has 0 aliphatic carbocycles. The summed E-state index contributed by atoms with van der Waals surface area (Å²) in [7, 11) is 5.22. The molecule has 0 aliphatic heterocycles. The fourth-order valence-corrected chi connectivity index (χ4v) is 1.10. The molecule has 0 heterocycles. The number of carbonyl (C=O) groups is 1. The van der Waals surface area contributed by atoms with Crippen molar-refractivity contribution in [1.82, 2.24) is 10.2 Å². The molecule has 0 aromatic heterocycles. The monoisotopic (exact) mass is 202 g/mol. The molecule has 0 aromatic rings. The maximum Gasteiger partial charge on any atom is 0.242 e. The molecule has 84 valence electrons. The Morgan fingerprint density at radius 1 is 1.57 bits per heavy atom. The maximum atomic E-state index is 11.9. The highest BCUT2D eigenvalue weighted by atomic mass is 16.5. The standard InChI is InChI=1S/C10H22N2O2/c1-8(7-14-6)12(5)9(13)10(2,3)11-4/h8,11H,7H2,1-6H3. The van der Waals surface area contributed by atoms with Crippen LogP contribution in [0.2, 0.25) is 0 Å². The molecule has 1 atom stereocenters. The van der Waals surface area contributed by atoms with Gasteiger partial charge in [-0.2, -0.15) is 0 Å². The van der Waals surface area contributed by atoms with Gasteiger partial charge in [0.2, 0.25) is 5.91 Å². The van der Waals surface area contributed by atoms with E-state index in [0.29, 0.717) is 6.61 Å². The molecule has 0 bridgehead atoms. The SMILES string of the molecule is CNC(C)(C)C(=O)N(C)C(C)COC. The molecule has 0 fully saturated rings. The molecule has 4 nitrogen and oxygen atoms in total. The zero-order valence-corrected chi connectivity index (χ0v) is 10.0. The number of nitrogens with one attached hydrogen (secondary N) is 1. The van der Waals surface area contributed by atoms with E-state index in [1.54, 1.807) is 26.1 Å². The fourth-order valence-electron chi connectivity index (χ4n) is 1.10. The van der Waals surface area contributed by atoms with E-state index in [0.717, 1.165) is 0 Å². The molecule has 1 amide bonds. The normalized spacial score (nSPS) is 13.9. The van der Waals surface area contributed by atoms with E-state index in [-0.39, 0.29) is 11.9 Å². The molecule has 0 spiro atoms. The molecule has 0 saturated carbocycles. The fraction of sp³-hybridized carbons (Fsp3) is 0.900. The molecular formula is C10H22N2O2. The van der Waals surface area contributed by atoms with Crippen LogP contribution in [0.5, 0.6) is 0 Å². The molecular weight excluding hydrogens is 180 g/mol. The van der Waals surface area contributed by atoms with E-state index in [1.807, 2.05) is 20.8 Å². The highest BCUT2D eigenvalue weighted by molar-refractivity contribution is 5.85. The van der Waals surface area contributed by atoms with Crippen LogP contribution >= 0.6 is 0 Å². The number of ether oxygens (including phenoxy) is 1. The Hall–Kier alpha value is -0.610. The zero-order chi connectivity index (χ0) is 11.4. The Balaban J connectivity index is 4.38. The Labute approximate surface area is 86.6 Å². The molecule has 0 aliphatic rings. The van der Waals surface area contributed by atoms with Crippen LogP contribution in [0.3, 0.4) is 0 Å². The summed E-state index contributed by atoms with van der Waals surface area (Å²) in [5.41, 5.74) is -0.517. The molecule has 0 saturated heterocycles. The van der Waals surface area contributed by atoms with Gasteiger partial charge in [-0.15, -0.1) is 0 Å². The number of hydrogen-bond acceptors (Lipinski definition) is 3. The van der Waals surface area contributed by atoms with Crippen molar-refractivity contribution in [2.75, 3.05) is 27.8 Å². The van der Waals surface area contributed by atoms with Gasteiger partial charge in [0.05, 0.1) is 18.2 Å². The Kier molecular flexibility index (Phi) is 5.08. The zero-order valence-electron chi connectivity index (χ0n) is 10.0. The maximum absolute atomic E-state index is 11.9. The highest BCUT2D eigenvalue weighted by Gasteiger charge is 2.30. The summed E-state index contributed by atoms with van der Waals surface area (Å²) < 4.78 is 5.01. The lowest BCUT2D eigenvalue weighted by molar-refractivity contribution is -0.138. The highest BCUT2D eigenvalue weighted by Crippen LogP contribution is 2.08. The number of amides is 1. The van der Waals surface area contributed by atoms with Crippen molar-refractivity contribution in [3.63, 3.8) is 0 Å². The summed E-state index contributed by atoms with van der Waals surface area (Å²) in [6, 6.07) is 0.0973. The number of carbonyl (C=O) groups excluding carboxylic acids is 1. The molecule has 4 heteroatoms. The summed E-state index contributed by atoms with van der Waals surface area (Å²) in [6.45, 7) is 6.26. The van der Waals surface area contributed by atoms with Crippen LogP contribution in [0.4, 0.5) is 0 Å². The van der Waals surface area contributed by atoms with Crippen LogP contribution in [0, 0.1) is 0 Å². The summed E-state index contributed by atoms with van der Waals surface area (Å²) in [4.78, 5) is 13.6. The van der Waals surface area contributed by atoms with Crippen LogP contribution in [-0.2, 0) is 9.53 Å². The van der Waals surface area contributed by atoms with Crippen molar-refractivity contribution in [2.24, 2.45) is 0 Å². The van der Waals surface area contributed by atoms with Crippen LogP contribution in [0.1, 0.15) is 20.8 Å². The Bertz CT molecular complexity index is 193. The summed E-state index contributed by atoms with van der Waals surface area (Å²) in [5, 5.41) is 2.99. The largest absolute Gasteiger partial charge is 0.383 e. The lowest BCUT2D eigenvalue weighted by Crippen LogP contribution is -2.54. The number of likely N-dealkylation sites (N-methyl/N-ethyl adjacent to an activating group) is 2. The number of rotatable bonds is 5. The van der Waals surface area contributed by atoms with Gasteiger partial charge in [-0.05, 0) is 27.8 Å². The third kappa shape index (κ3) is 3.27. The number of methoxy groups -OCH3 is 1. The minimum absolute atomic E-state index is 0.0737. The van der Waals surface area contributed by atoms with Crippen molar-refractivity contribution in [3.05, 3.63) is 0 Å². The minimum atomic E-state index is -0.517. The van der Waals surface area contributed by atoms with E-state index < -0.39 is 5.54 Å². The van der Waals surface area contributed by atoms with Gasteiger partial charge in [0.1, 0.15) is 0 Å². The van der Waals surface area contributed by atoms with Gasteiger partial charge < -0.3 is 15.0 Å². The lowest BCUT2D eigenvalue weighted by Gasteiger charge is -2.32. The van der Waals surface area contributed by atoms with Gasteiger partial charge in [-0.1, -0.05) is 0 Å². The average Bonchev–Trinajstić information content (AvgIpc) is 2.15. The van der Waals surface area contributed by atoms with Crippen molar-refractivity contribution < 1.29 is 9.53 Å². The Morgan fingerprint density at radius 2 is 2.07 bits per heavy atom. The van der Waals surface area contributed by atoms with Crippen molar-refractivity contribution in [2.45, 2.75) is 32.4 Å². The van der Waals surface area contributed by atoms with Crippen LogP contribution < -0.4 is 5.32 Å². The first-order valence-corrected chi connectivity index (χ1v) is 4.82. The number of hydrogen-bond donors (Lipinski definition) is 1. The van der Waals surface area contributed by atoms with E-state index in [9.17, 15) is 4.79 Å². The van der Waals surface area contributed by atoms with Gasteiger partial charge in [0.15, 0.2) is 0 Å². The second kappa shape index (κ2) is 5.32. The molecule has 0 radical (unpaired) electrons. The molecule has 1 unspecified atom stereocenters. The summed E-state index contributed by atoms with van der Waals surface area (Å²) in [5.74, 6) is 0.0737. The van der Waals surface area contributed by atoms with Gasteiger partial charge in [0.25, 0.3) is 0 Å². The van der Waals surface area contributed by atoms with Gasteiger partial charge in [-0.25, -0.2) is 0 Å². The third-order valence-electron chi connectivity index (χ3n) is 2.55. The van der Waals surface area contributed by atoms with Crippen molar-refractivity contribution >= 4 is 5.91 Å². The summed E-state index contributed by atoms with van der Waals surface area (Å²) >= 11 is 0. The van der Waals surface area contributed by atoms with E-state index >= 15 is 0 Å². The molecule has 1 N–H and O–H groups in total. The van der Waals surface area contributed by atoms with Crippen LogP contribution in [-0.4, -0.2) is 50.2 Å². The smallest absolute Gasteiger partial charge is 0.242 e. The van der Waals surface area contributed by atoms with Crippen LogP contribution in [0.15, 0.2) is 0 Å². The van der Waals surface area contributed by atoms with Crippen molar-refractivity contribution in [3.8, 4) is 0 Å². The second-order valence-corrected chi connectivity index (χ2v) is 4.10. The number of nitrogens with zero attached hydrogens (tertiary/aromatic N) is 1. The first kappa shape index (κ1) is 13.4. The predicted molar refractivity (Wildman–Crippen MR) is 57.2 cm³/mol. The Morgan fingerprint density at radius 3 is 2.43 bits per heavy atom. The van der Waals surface area contributed by atoms with Gasteiger partial charge >= 0.3 is 0 Å². The lowest BCUT2D eigenvalue weighted by atomic mass is 10.0. The predicted octanol–water partition coefficient (Wildman–Crippen LogP) is 0.478. The van der Waals surface area contributed by atoms with E-state index in [4.69, 9.17) is 4.74 Å². The average molecular weight is 202 g/mol. The first-order valence-electron chi connectivity index (χ1n) is 4.82. The quantitative estimate of drug-likeness (QED) is 0.705. The second-order valence-electron chi connectivity index (χ2n) is 4.10. The van der Waals surface area contributed by atoms with E-state index in [1.165, 1.54) is 0 Å². The molecule has 0 rings (SSSR count). The van der Waals surface area contributed by atoms with Crippen molar-refractivity contribution in [1.29, 1.82) is 0 Å². The topological polar surface area (TPSA) is 41.6 Å². The minimum Gasteiger partial charge on any atom is -0.383 e. The van der Waals surface area contributed by atoms with Gasteiger partial charge in [0, 0.05) is 14.2 Å². The van der Waals surface area contributed by atoms with Gasteiger partial charge in [-0.3, -0.25) is 4.79 Å². The van der Waals surface area contributed by atoms with E-state index in [2.05, 4.69) is 5.32 Å². The first-order chi connectivity index (χ1) is 6.36. The third-order valence-corrected chi connectivity index (χ3v) is 2.55. The summed E-state index contributed by atoms with van der Waals surface area (Å²) in [6.07, 6.45) is 0. The molecule has 14 heavy (non-hydrogen) atoms. The molecule has 0 aromatic carbocycles. The van der Waals surface area contributed by atoms with Crippen LogP contribution in [0.25, 0.3) is 0 Å².